The van der Waals surface area contributed by atoms with Crippen molar-refractivity contribution in [3.8, 4) is 0 Å². The van der Waals surface area contributed by atoms with Crippen molar-refractivity contribution in [3.63, 3.8) is 0 Å². The Bertz CT molecular complexity index is 388. The summed E-state index contributed by atoms with van der Waals surface area (Å²) in [7, 11) is 1.42. The summed E-state index contributed by atoms with van der Waals surface area (Å²) < 4.78 is 10.2. The Balaban J connectivity index is 1.68. The van der Waals surface area contributed by atoms with Crippen molar-refractivity contribution in [1.82, 2.24) is 0 Å². The average molecular weight is 255 g/mol. The first-order chi connectivity index (χ1) is 8.20. The van der Waals surface area contributed by atoms with Crippen LogP contribution in [0.4, 0.5) is 0 Å². The second-order valence-electron chi connectivity index (χ2n) is 4.27. The van der Waals surface area contributed by atoms with Gasteiger partial charge in [0.2, 0.25) is 0 Å². The van der Waals surface area contributed by atoms with Crippen LogP contribution < -0.4 is 0 Å². The van der Waals surface area contributed by atoms with E-state index in [1.807, 2.05) is 24.3 Å². The van der Waals surface area contributed by atoms with E-state index in [1.165, 1.54) is 7.11 Å². The van der Waals surface area contributed by atoms with Gasteiger partial charge in [-0.15, -0.1) is 0 Å². The normalized spacial score (nSPS) is 22.2. The van der Waals surface area contributed by atoms with Crippen molar-refractivity contribution in [2.45, 2.75) is 13.0 Å². The molecule has 3 nitrogen and oxygen atoms in total. The number of benzene rings is 1. The highest BCUT2D eigenvalue weighted by Gasteiger charge is 2.43. The molecule has 2 rings (SSSR count). The zero-order valence-corrected chi connectivity index (χ0v) is 10.4. The van der Waals surface area contributed by atoms with E-state index < -0.39 is 0 Å². The van der Waals surface area contributed by atoms with Gasteiger partial charge in [-0.1, -0.05) is 23.7 Å². The molecule has 2 unspecified atom stereocenters. The second-order valence-corrected chi connectivity index (χ2v) is 4.70. The Morgan fingerprint density at radius 3 is 2.76 bits per heavy atom. The highest BCUT2D eigenvalue weighted by atomic mass is 35.5. The van der Waals surface area contributed by atoms with Crippen LogP contribution in [-0.4, -0.2) is 19.7 Å². The van der Waals surface area contributed by atoms with Crippen LogP contribution in [-0.2, 0) is 20.9 Å². The molecule has 1 aromatic carbocycles. The molecule has 2 atom stereocenters. The zero-order chi connectivity index (χ0) is 12.3. The predicted octanol–water partition coefficient (Wildman–Crippen LogP) is 2.67. The Kier molecular flexibility index (Phi) is 4.02. The second kappa shape index (κ2) is 5.52. The molecule has 1 fully saturated rings. The summed E-state index contributed by atoms with van der Waals surface area (Å²) >= 11 is 5.78. The van der Waals surface area contributed by atoms with Crippen LogP contribution in [0.3, 0.4) is 0 Å². The highest BCUT2D eigenvalue weighted by molar-refractivity contribution is 6.30. The number of hydrogen-bond donors (Lipinski definition) is 0. The minimum atomic E-state index is -0.120. The smallest absolute Gasteiger partial charge is 0.309 e. The molecule has 4 heteroatoms. The summed E-state index contributed by atoms with van der Waals surface area (Å²) in [5, 5.41) is 0.724. The quantitative estimate of drug-likeness (QED) is 0.758. The van der Waals surface area contributed by atoms with Crippen molar-refractivity contribution in [2.75, 3.05) is 13.7 Å². The summed E-state index contributed by atoms with van der Waals surface area (Å²) in [6.45, 7) is 1.17. The predicted molar refractivity (Wildman–Crippen MR) is 64.7 cm³/mol. The molecule has 0 radical (unpaired) electrons. The molecule has 92 valence electrons. The molecule has 17 heavy (non-hydrogen) atoms. The van der Waals surface area contributed by atoms with E-state index in [1.54, 1.807) is 0 Å². The first kappa shape index (κ1) is 12.4. The fourth-order valence-corrected chi connectivity index (χ4v) is 1.91. The fourth-order valence-electron chi connectivity index (χ4n) is 1.78. The van der Waals surface area contributed by atoms with Crippen LogP contribution in [0.2, 0.25) is 5.02 Å². The van der Waals surface area contributed by atoms with Crippen LogP contribution >= 0.6 is 11.6 Å². The lowest BCUT2D eigenvalue weighted by Crippen LogP contribution is -2.07. The summed E-state index contributed by atoms with van der Waals surface area (Å²) in [6, 6.07) is 7.56. The summed E-state index contributed by atoms with van der Waals surface area (Å²) in [5.41, 5.74) is 1.09. The van der Waals surface area contributed by atoms with E-state index in [9.17, 15) is 4.79 Å². The Morgan fingerprint density at radius 1 is 1.41 bits per heavy atom. The molecule has 0 N–H and O–H groups in total. The van der Waals surface area contributed by atoms with Crippen LogP contribution in [0.1, 0.15) is 12.0 Å². The average Bonchev–Trinajstić information content (AvgIpc) is 3.10. The standard InChI is InChI=1S/C13H15ClO3/c1-16-13(15)12-6-10(12)8-17-7-9-2-4-11(14)5-3-9/h2-5,10,12H,6-8H2,1H3. The molecule has 1 aromatic rings. The van der Waals surface area contributed by atoms with E-state index in [0.29, 0.717) is 19.1 Å². The lowest BCUT2D eigenvalue weighted by atomic mass is 10.2. The van der Waals surface area contributed by atoms with E-state index in [4.69, 9.17) is 16.3 Å². The molecule has 1 saturated carbocycles. The third-order valence-corrected chi connectivity index (χ3v) is 3.19. The number of rotatable bonds is 5. The van der Waals surface area contributed by atoms with Gasteiger partial charge in [0.15, 0.2) is 0 Å². The maximum Gasteiger partial charge on any atom is 0.309 e. The number of hydrogen-bond acceptors (Lipinski definition) is 3. The van der Waals surface area contributed by atoms with Crippen LogP contribution in [0.15, 0.2) is 24.3 Å². The van der Waals surface area contributed by atoms with Crippen molar-refractivity contribution in [3.05, 3.63) is 34.9 Å². The van der Waals surface area contributed by atoms with Gasteiger partial charge >= 0.3 is 5.97 Å². The van der Waals surface area contributed by atoms with E-state index in [2.05, 4.69) is 4.74 Å². The zero-order valence-electron chi connectivity index (χ0n) is 9.69. The summed E-state index contributed by atoms with van der Waals surface area (Å²) in [4.78, 5) is 11.2. The molecule has 1 aliphatic rings. The highest BCUT2D eigenvalue weighted by Crippen LogP contribution is 2.39. The molecule has 1 aliphatic carbocycles. The number of ether oxygens (including phenoxy) is 2. The summed E-state index contributed by atoms with van der Waals surface area (Å²) in [5.74, 6) is 0.255. The van der Waals surface area contributed by atoms with Crippen molar-refractivity contribution in [1.29, 1.82) is 0 Å². The molecule has 0 saturated heterocycles. The number of methoxy groups -OCH3 is 1. The van der Waals surface area contributed by atoms with Gasteiger partial charge in [0, 0.05) is 5.02 Å². The molecule has 0 spiro atoms. The fraction of sp³-hybridized carbons (Fsp3) is 0.462. The van der Waals surface area contributed by atoms with Gasteiger partial charge < -0.3 is 9.47 Å². The monoisotopic (exact) mass is 254 g/mol. The first-order valence-corrected chi connectivity index (χ1v) is 5.98. The Hall–Kier alpha value is -1.06. The number of esters is 1. The lowest BCUT2D eigenvalue weighted by molar-refractivity contribution is -0.142. The number of carbonyl (C=O) groups excluding carboxylic acids is 1. The SMILES string of the molecule is COC(=O)C1CC1COCc1ccc(Cl)cc1. The lowest BCUT2D eigenvalue weighted by Gasteiger charge is -2.04. The van der Waals surface area contributed by atoms with E-state index in [0.717, 1.165) is 17.0 Å². The van der Waals surface area contributed by atoms with Gasteiger partial charge in [-0.2, -0.15) is 0 Å². The maximum atomic E-state index is 11.2. The third kappa shape index (κ3) is 3.45. The Labute approximate surface area is 106 Å². The van der Waals surface area contributed by atoms with Gasteiger partial charge in [-0.3, -0.25) is 4.79 Å². The minimum absolute atomic E-state index is 0.0465. The van der Waals surface area contributed by atoms with E-state index >= 15 is 0 Å². The van der Waals surface area contributed by atoms with Crippen molar-refractivity contribution < 1.29 is 14.3 Å². The maximum absolute atomic E-state index is 11.2. The minimum Gasteiger partial charge on any atom is -0.469 e. The number of halogens is 1. The van der Waals surface area contributed by atoms with E-state index in [-0.39, 0.29) is 11.9 Å². The molecule has 0 aromatic heterocycles. The molecular weight excluding hydrogens is 240 g/mol. The van der Waals surface area contributed by atoms with Crippen LogP contribution in [0.5, 0.6) is 0 Å². The molecular formula is C13H15ClO3. The topological polar surface area (TPSA) is 35.5 Å². The van der Waals surface area contributed by atoms with Crippen molar-refractivity contribution in [2.24, 2.45) is 11.8 Å². The Morgan fingerprint density at radius 2 is 2.12 bits per heavy atom. The summed E-state index contributed by atoms with van der Waals surface area (Å²) in [6.07, 6.45) is 0.882. The third-order valence-electron chi connectivity index (χ3n) is 2.94. The van der Waals surface area contributed by atoms with Crippen molar-refractivity contribution >= 4 is 17.6 Å². The molecule has 0 amide bonds. The van der Waals surface area contributed by atoms with Gasteiger partial charge in [0.1, 0.15) is 0 Å². The van der Waals surface area contributed by atoms with Crippen LogP contribution in [0.25, 0.3) is 0 Å². The van der Waals surface area contributed by atoms with Gasteiger partial charge in [0.05, 0.1) is 26.2 Å². The largest absolute Gasteiger partial charge is 0.469 e. The number of carbonyl (C=O) groups is 1. The molecule has 0 bridgehead atoms. The first-order valence-electron chi connectivity index (χ1n) is 5.60. The van der Waals surface area contributed by atoms with Gasteiger partial charge in [0.25, 0.3) is 0 Å². The van der Waals surface area contributed by atoms with Crippen LogP contribution in [0, 0.1) is 11.8 Å². The molecule has 0 heterocycles. The molecule has 0 aliphatic heterocycles. The van der Waals surface area contributed by atoms with Gasteiger partial charge in [-0.05, 0) is 30.0 Å². The van der Waals surface area contributed by atoms with Gasteiger partial charge in [-0.25, -0.2) is 0 Å².